The second-order valence-corrected chi connectivity index (χ2v) is 14.9. The minimum Gasteiger partial charge on any atom is -0.322 e. The molecule has 0 aliphatic rings. The van der Waals surface area contributed by atoms with Gasteiger partial charge in [-0.2, -0.15) is 0 Å². The molecule has 0 saturated heterocycles. The molecular formula is C35H32ClN3O5S2. The molecular weight excluding hydrogens is 642 g/mol. The van der Waals surface area contributed by atoms with Crippen LogP contribution in [-0.4, -0.2) is 22.7 Å². The zero-order valence-corrected chi connectivity index (χ0v) is 27.7. The first-order valence-corrected chi connectivity index (χ1v) is 17.6. The molecule has 0 saturated carbocycles. The Balaban J connectivity index is 1.44. The Morgan fingerprint density at radius 2 is 1.33 bits per heavy atom. The summed E-state index contributed by atoms with van der Waals surface area (Å²) in [6.07, 6.45) is 0. The lowest BCUT2D eigenvalue weighted by atomic mass is 10.1. The quantitative estimate of drug-likeness (QED) is 0.158. The standard InChI is InChI=1S/C35H32ClN3O5S2/c1-24-8-17-31(18-9-24)46(43,44)39(23-27-11-13-28(36)14-12-27)34-7-5-4-6-32(34)35(40)37-29-15-19-30(20-16-29)45(41,42)38-33-21-10-25(2)22-26(33)3/h4-22,38H,23H2,1-3H3,(H,37,40). The molecule has 11 heteroatoms. The van der Waals surface area contributed by atoms with Crippen LogP contribution in [0, 0.1) is 20.8 Å². The van der Waals surface area contributed by atoms with Crippen molar-refractivity contribution in [2.75, 3.05) is 14.3 Å². The number of rotatable bonds is 10. The molecule has 236 valence electrons. The second-order valence-electron chi connectivity index (χ2n) is 10.9. The minimum atomic E-state index is -4.11. The summed E-state index contributed by atoms with van der Waals surface area (Å²) in [5.74, 6) is -0.570. The van der Waals surface area contributed by atoms with Gasteiger partial charge in [0.1, 0.15) is 0 Å². The number of hydrogen-bond acceptors (Lipinski definition) is 5. The largest absolute Gasteiger partial charge is 0.322 e. The van der Waals surface area contributed by atoms with Gasteiger partial charge in [0.15, 0.2) is 0 Å². The van der Waals surface area contributed by atoms with E-state index in [2.05, 4.69) is 10.0 Å². The topological polar surface area (TPSA) is 113 Å². The number of nitrogens with zero attached hydrogens (tertiary/aromatic N) is 1. The van der Waals surface area contributed by atoms with Crippen LogP contribution in [-0.2, 0) is 26.6 Å². The van der Waals surface area contributed by atoms with Crippen molar-refractivity contribution < 1.29 is 21.6 Å². The van der Waals surface area contributed by atoms with Crippen LogP contribution >= 0.6 is 11.6 Å². The predicted molar refractivity (Wildman–Crippen MR) is 184 cm³/mol. The van der Waals surface area contributed by atoms with Crippen molar-refractivity contribution >= 4 is 54.6 Å². The first-order chi connectivity index (χ1) is 21.8. The lowest BCUT2D eigenvalue weighted by Gasteiger charge is -2.27. The van der Waals surface area contributed by atoms with E-state index in [1.54, 1.807) is 60.7 Å². The van der Waals surface area contributed by atoms with Gasteiger partial charge in [-0.15, -0.1) is 0 Å². The third kappa shape index (κ3) is 7.42. The third-order valence-corrected chi connectivity index (χ3v) is 10.7. The highest BCUT2D eigenvalue weighted by molar-refractivity contribution is 7.93. The van der Waals surface area contributed by atoms with Gasteiger partial charge in [-0.25, -0.2) is 16.8 Å². The number of carbonyl (C=O) groups is 1. The van der Waals surface area contributed by atoms with Crippen molar-refractivity contribution in [1.82, 2.24) is 0 Å². The zero-order valence-electron chi connectivity index (χ0n) is 25.4. The summed E-state index contributed by atoms with van der Waals surface area (Å²) in [5, 5.41) is 3.28. The number of anilines is 3. The Kier molecular flexibility index (Phi) is 9.52. The van der Waals surface area contributed by atoms with E-state index in [9.17, 15) is 21.6 Å². The molecule has 0 atom stereocenters. The maximum Gasteiger partial charge on any atom is 0.264 e. The van der Waals surface area contributed by atoms with Crippen molar-refractivity contribution in [2.24, 2.45) is 0 Å². The SMILES string of the molecule is Cc1ccc(S(=O)(=O)N(Cc2ccc(Cl)cc2)c2ccccc2C(=O)Nc2ccc(S(=O)(=O)Nc3ccc(C)cc3C)cc2)cc1. The molecule has 0 heterocycles. The summed E-state index contributed by atoms with van der Waals surface area (Å²) < 4.78 is 58.0. The highest BCUT2D eigenvalue weighted by Gasteiger charge is 2.29. The van der Waals surface area contributed by atoms with E-state index < -0.39 is 26.0 Å². The Morgan fingerprint density at radius 3 is 1.98 bits per heavy atom. The van der Waals surface area contributed by atoms with Crippen LogP contribution < -0.4 is 14.3 Å². The average molecular weight is 674 g/mol. The van der Waals surface area contributed by atoms with Crippen molar-refractivity contribution in [3.63, 3.8) is 0 Å². The van der Waals surface area contributed by atoms with Crippen LogP contribution in [0.4, 0.5) is 17.1 Å². The van der Waals surface area contributed by atoms with Gasteiger partial charge >= 0.3 is 0 Å². The maximum absolute atomic E-state index is 14.1. The van der Waals surface area contributed by atoms with Gasteiger partial charge in [0.05, 0.1) is 33.3 Å². The molecule has 0 radical (unpaired) electrons. The highest BCUT2D eigenvalue weighted by atomic mass is 35.5. The number of carbonyl (C=O) groups excluding carboxylic acids is 1. The lowest BCUT2D eigenvalue weighted by Crippen LogP contribution is -2.32. The summed E-state index contributed by atoms with van der Waals surface area (Å²) in [4.78, 5) is 13.7. The molecule has 5 aromatic carbocycles. The fraction of sp³-hybridized carbons (Fsp3) is 0.114. The van der Waals surface area contributed by atoms with Gasteiger partial charge in [0, 0.05) is 10.7 Å². The molecule has 0 unspecified atom stereocenters. The summed E-state index contributed by atoms with van der Waals surface area (Å²) in [7, 11) is -8.00. The van der Waals surface area contributed by atoms with Crippen LogP contribution in [0.15, 0.2) is 125 Å². The van der Waals surface area contributed by atoms with E-state index in [1.165, 1.54) is 46.8 Å². The molecule has 0 aliphatic carbocycles. The Morgan fingerprint density at radius 1 is 0.717 bits per heavy atom. The first-order valence-electron chi connectivity index (χ1n) is 14.3. The van der Waals surface area contributed by atoms with Crippen LogP contribution in [0.1, 0.15) is 32.6 Å². The maximum atomic E-state index is 14.1. The molecule has 1 amide bonds. The number of benzene rings is 5. The molecule has 0 spiro atoms. The molecule has 5 rings (SSSR count). The fourth-order valence-electron chi connectivity index (χ4n) is 4.82. The van der Waals surface area contributed by atoms with Gasteiger partial charge in [-0.1, -0.05) is 71.3 Å². The Hall–Kier alpha value is -4.64. The van der Waals surface area contributed by atoms with Crippen LogP contribution in [0.25, 0.3) is 0 Å². The van der Waals surface area contributed by atoms with E-state index in [4.69, 9.17) is 11.6 Å². The van der Waals surface area contributed by atoms with Crippen molar-refractivity contribution in [1.29, 1.82) is 0 Å². The number of nitrogens with one attached hydrogen (secondary N) is 2. The average Bonchev–Trinajstić information content (AvgIpc) is 3.02. The van der Waals surface area contributed by atoms with Gasteiger partial charge in [0.25, 0.3) is 26.0 Å². The van der Waals surface area contributed by atoms with Crippen molar-refractivity contribution in [3.05, 3.63) is 148 Å². The van der Waals surface area contributed by atoms with E-state index in [-0.39, 0.29) is 27.6 Å². The number of aryl methyl sites for hydroxylation is 3. The third-order valence-electron chi connectivity index (χ3n) is 7.31. The molecule has 5 aromatic rings. The zero-order chi connectivity index (χ0) is 33.1. The highest BCUT2D eigenvalue weighted by Crippen LogP contribution is 2.31. The number of amides is 1. The minimum absolute atomic E-state index is 0.0178. The monoisotopic (exact) mass is 673 g/mol. The van der Waals surface area contributed by atoms with Crippen LogP contribution in [0.2, 0.25) is 5.02 Å². The van der Waals surface area contributed by atoms with Gasteiger partial charge < -0.3 is 5.32 Å². The van der Waals surface area contributed by atoms with E-state index in [0.29, 0.717) is 22.0 Å². The Bertz CT molecular complexity index is 2100. The summed E-state index contributed by atoms with van der Waals surface area (Å²) in [6, 6.07) is 30.9. The van der Waals surface area contributed by atoms with E-state index in [1.807, 2.05) is 32.9 Å². The van der Waals surface area contributed by atoms with Crippen molar-refractivity contribution in [2.45, 2.75) is 37.1 Å². The molecule has 0 aromatic heterocycles. The molecule has 0 bridgehead atoms. The number of hydrogen-bond donors (Lipinski definition) is 2. The molecule has 8 nitrogen and oxygen atoms in total. The molecule has 2 N–H and O–H groups in total. The smallest absolute Gasteiger partial charge is 0.264 e. The summed E-state index contributed by atoms with van der Waals surface area (Å²) in [6.45, 7) is 5.56. The fourth-order valence-corrected chi connectivity index (χ4v) is 7.55. The van der Waals surface area contributed by atoms with Gasteiger partial charge in [-0.3, -0.25) is 13.8 Å². The lowest BCUT2D eigenvalue weighted by molar-refractivity contribution is 0.102. The number of para-hydroxylation sites is 1. The van der Waals surface area contributed by atoms with E-state index >= 15 is 0 Å². The molecule has 0 aliphatic heterocycles. The van der Waals surface area contributed by atoms with E-state index in [0.717, 1.165) is 16.7 Å². The predicted octanol–water partition coefficient (Wildman–Crippen LogP) is 7.71. The Labute approximate surface area is 274 Å². The van der Waals surface area contributed by atoms with Gasteiger partial charge in [0.2, 0.25) is 0 Å². The molecule has 0 fully saturated rings. The second kappa shape index (κ2) is 13.4. The summed E-state index contributed by atoms with van der Waals surface area (Å²) in [5.41, 5.74) is 4.47. The molecule has 46 heavy (non-hydrogen) atoms. The van der Waals surface area contributed by atoms with Crippen LogP contribution in [0.5, 0.6) is 0 Å². The number of halogens is 1. The van der Waals surface area contributed by atoms with Crippen LogP contribution in [0.3, 0.4) is 0 Å². The number of sulfonamides is 2. The summed E-state index contributed by atoms with van der Waals surface area (Å²) >= 11 is 6.07. The van der Waals surface area contributed by atoms with Crippen molar-refractivity contribution in [3.8, 4) is 0 Å². The van der Waals surface area contributed by atoms with Gasteiger partial charge in [-0.05, 0) is 98.6 Å². The normalized spacial score (nSPS) is 11.6. The first kappa shape index (κ1) is 32.7.